The van der Waals surface area contributed by atoms with Crippen molar-refractivity contribution in [1.29, 1.82) is 0 Å². The molecule has 2 N–H and O–H groups in total. The van der Waals surface area contributed by atoms with Crippen molar-refractivity contribution in [2.24, 2.45) is 11.8 Å². The third kappa shape index (κ3) is 7.90. The van der Waals surface area contributed by atoms with Crippen LogP contribution >= 0.6 is 0 Å². The van der Waals surface area contributed by atoms with Gasteiger partial charge in [0.15, 0.2) is 0 Å². The van der Waals surface area contributed by atoms with E-state index in [1.165, 1.54) is 4.90 Å². The van der Waals surface area contributed by atoms with Crippen molar-refractivity contribution >= 4 is 17.9 Å². The van der Waals surface area contributed by atoms with Gasteiger partial charge in [0.1, 0.15) is 17.2 Å². The Morgan fingerprint density at radius 3 is 2.44 bits per heavy atom. The molecule has 0 aliphatic carbocycles. The first-order valence-electron chi connectivity index (χ1n) is 14.1. The second-order valence-electron chi connectivity index (χ2n) is 11.7. The third-order valence-electron chi connectivity index (χ3n) is 7.53. The van der Waals surface area contributed by atoms with Gasteiger partial charge in [0.2, 0.25) is 11.8 Å². The average Bonchev–Trinajstić information content (AvgIpc) is 3.45. The van der Waals surface area contributed by atoms with Crippen LogP contribution in [-0.4, -0.2) is 76.2 Å². The van der Waals surface area contributed by atoms with E-state index < -0.39 is 59.3 Å². The smallest absolute Gasteiger partial charge is 0.410 e. The number of unbranched alkanes of at least 4 members (excludes halogenated alkanes) is 1. The van der Waals surface area contributed by atoms with E-state index in [1.54, 1.807) is 25.7 Å². The van der Waals surface area contributed by atoms with E-state index in [1.807, 2.05) is 13.8 Å². The molecule has 0 aromatic heterocycles. The normalized spacial score (nSPS) is 23.2. The van der Waals surface area contributed by atoms with E-state index in [4.69, 9.17) is 4.74 Å². The monoisotopic (exact) mass is 551 g/mol. The van der Waals surface area contributed by atoms with E-state index >= 15 is 0 Å². The minimum Gasteiger partial charge on any atom is -0.444 e. The van der Waals surface area contributed by atoms with Crippen LogP contribution in [0.1, 0.15) is 72.3 Å². The number of halogens is 2. The van der Waals surface area contributed by atoms with Crippen molar-refractivity contribution in [2.75, 3.05) is 19.6 Å². The standard InChI is InChI=1S/C29H43F2N3O5/c1-6-8-11-33-17-22(21(7-2)27(33)37)26(36)32-23(15-18-13-19(30)16-20(31)14-18)25(35)24-10-9-12-34(24)28(38)39-29(3,4)5/h13-14,16,21-25,35H,6-12,15,17H2,1-5H3,(H,32,36)/t21-,22+,23+,24-,25+/m1/s1. The van der Waals surface area contributed by atoms with Crippen LogP contribution in [0.3, 0.4) is 0 Å². The molecule has 0 unspecified atom stereocenters. The summed E-state index contributed by atoms with van der Waals surface area (Å²) in [7, 11) is 0. The van der Waals surface area contributed by atoms with Gasteiger partial charge in [-0.05, 0) is 70.6 Å². The third-order valence-corrected chi connectivity index (χ3v) is 7.53. The van der Waals surface area contributed by atoms with Crippen LogP contribution in [0.25, 0.3) is 0 Å². The highest BCUT2D eigenvalue weighted by atomic mass is 19.1. The highest BCUT2D eigenvalue weighted by Crippen LogP contribution is 2.30. The molecule has 3 amide bonds. The molecule has 0 spiro atoms. The van der Waals surface area contributed by atoms with E-state index in [0.29, 0.717) is 32.4 Å². The first kappa shape index (κ1) is 30.8. The van der Waals surface area contributed by atoms with Gasteiger partial charge in [0, 0.05) is 25.7 Å². The molecule has 0 radical (unpaired) electrons. The lowest BCUT2D eigenvalue weighted by Gasteiger charge is -2.35. The molecule has 2 fully saturated rings. The molecule has 1 aromatic carbocycles. The minimum absolute atomic E-state index is 0.0534. The fourth-order valence-electron chi connectivity index (χ4n) is 5.63. The average molecular weight is 552 g/mol. The summed E-state index contributed by atoms with van der Waals surface area (Å²) in [5.41, 5.74) is -0.465. The summed E-state index contributed by atoms with van der Waals surface area (Å²) in [6, 6.07) is 1.47. The van der Waals surface area contributed by atoms with Gasteiger partial charge in [-0.1, -0.05) is 20.3 Å². The molecule has 2 saturated heterocycles. The maximum Gasteiger partial charge on any atom is 0.410 e. The number of likely N-dealkylation sites (tertiary alicyclic amines) is 2. The predicted molar refractivity (Wildman–Crippen MR) is 143 cm³/mol. The number of nitrogens with zero attached hydrogens (tertiary/aromatic N) is 2. The lowest BCUT2D eigenvalue weighted by molar-refractivity contribution is -0.134. The van der Waals surface area contributed by atoms with Gasteiger partial charge < -0.3 is 25.0 Å². The number of nitrogens with one attached hydrogen (secondary N) is 1. The molecule has 218 valence electrons. The lowest BCUT2D eigenvalue weighted by atomic mass is 9.90. The second-order valence-corrected chi connectivity index (χ2v) is 11.7. The SMILES string of the molecule is CCCCN1C[C@H](C(=O)N[C@@H](Cc2cc(F)cc(F)c2)[C@H](O)[C@H]2CCCN2C(=O)OC(C)(C)C)[C@@H](CC)C1=O. The van der Waals surface area contributed by atoms with Crippen molar-refractivity contribution in [3.05, 3.63) is 35.4 Å². The Hall–Kier alpha value is -2.75. The number of aliphatic hydroxyl groups excluding tert-OH is 1. The number of aliphatic hydroxyl groups is 1. The number of amides is 3. The molecule has 8 nitrogen and oxygen atoms in total. The Labute approximate surface area is 230 Å². The molecule has 39 heavy (non-hydrogen) atoms. The van der Waals surface area contributed by atoms with Gasteiger partial charge in [-0.25, -0.2) is 13.6 Å². The van der Waals surface area contributed by atoms with Crippen LogP contribution in [-0.2, 0) is 20.7 Å². The summed E-state index contributed by atoms with van der Waals surface area (Å²) >= 11 is 0. The second kappa shape index (κ2) is 13.1. The fourth-order valence-corrected chi connectivity index (χ4v) is 5.63. The molecular formula is C29H43F2N3O5. The molecule has 2 aliphatic heterocycles. The highest BCUT2D eigenvalue weighted by Gasteiger charge is 2.45. The van der Waals surface area contributed by atoms with Gasteiger partial charge in [-0.2, -0.15) is 0 Å². The molecule has 3 rings (SSSR count). The van der Waals surface area contributed by atoms with Crippen molar-refractivity contribution < 1.29 is 33.0 Å². The largest absolute Gasteiger partial charge is 0.444 e. The Bertz CT molecular complexity index is 1010. The van der Waals surface area contributed by atoms with Crippen molar-refractivity contribution in [2.45, 2.75) is 96.9 Å². The number of hydrogen-bond donors (Lipinski definition) is 2. The Morgan fingerprint density at radius 1 is 1.18 bits per heavy atom. The zero-order valence-corrected chi connectivity index (χ0v) is 23.7. The first-order chi connectivity index (χ1) is 18.3. The number of carbonyl (C=O) groups is 3. The lowest BCUT2D eigenvalue weighted by Crippen LogP contribution is -2.56. The van der Waals surface area contributed by atoms with Crippen LogP contribution in [0.15, 0.2) is 18.2 Å². The van der Waals surface area contributed by atoms with Crippen LogP contribution < -0.4 is 5.32 Å². The first-order valence-corrected chi connectivity index (χ1v) is 14.1. The van der Waals surface area contributed by atoms with Gasteiger partial charge in [-0.3, -0.25) is 9.59 Å². The molecule has 5 atom stereocenters. The molecule has 0 saturated carbocycles. The van der Waals surface area contributed by atoms with Crippen molar-refractivity contribution in [3.8, 4) is 0 Å². The molecular weight excluding hydrogens is 508 g/mol. The summed E-state index contributed by atoms with van der Waals surface area (Å²) in [6.45, 7) is 10.4. The van der Waals surface area contributed by atoms with Gasteiger partial charge in [0.25, 0.3) is 0 Å². The summed E-state index contributed by atoms with van der Waals surface area (Å²) in [5.74, 6) is -3.06. The van der Waals surface area contributed by atoms with Gasteiger partial charge in [0.05, 0.1) is 30.0 Å². The topological polar surface area (TPSA) is 99.2 Å². The quantitative estimate of drug-likeness (QED) is 0.458. The number of carbonyl (C=O) groups excluding carboxylic acids is 3. The van der Waals surface area contributed by atoms with Gasteiger partial charge >= 0.3 is 6.09 Å². The van der Waals surface area contributed by atoms with Crippen LogP contribution in [0.5, 0.6) is 0 Å². The summed E-state index contributed by atoms with van der Waals surface area (Å²) in [5, 5.41) is 14.4. The van der Waals surface area contributed by atoms with Crippen LogP contribution in [0.4, 0.5) is 13.6 Å². The maximum absolute atomic E-state index is 14.0. The number of ether oxygens (including phenoxy) is 1. The van der Waals surface area contributed by atoms with Crippen molar-refractivity contribution in [1.82, 2.24) is 15.1 Å². The fraction of sp³-hybridized carbons (Fsp3) is 0.690. The maximum atomic E-state index is 14.0. The van der Waals surface area contributed by atoms with E-state index in [0.717, 1.165) is 31.0 Å². The number of hydrogen-bond acceptors (Lipinski definition) is 5. The minimum atomic E-state index is -1.23. The van der Waals surface area contributed by atoms with E-state index in [9.17, 15) is 28.3 Å². The summed E-state index contributed by atoms with van der Waals surface area (Å²) in [4.78, 5) is 42.6. The molecule has 0 bridgehead atoms. The van der Waals surface area contributed by atoms with Gasteiger partial charge in [-0.15, -0.1) is 0 Å². The van der Waals surface area contributed by atoms with E-state index in [-0.39, 0.29) is 24.4 Å². The summed E-state index contributed by atoms with van der Waals surface area (Å²) < 4.78 is 33.5. The zero-order chi connectivity index (χ0) is 28.9. The molecule has 2 aliphatic rings. The Kier molecular flexibility index (Phi) is 10.3. The Balaban J connectivity index is 1.85. The number of rotatable bonds is 10. The van der Waals surface area contributed by atoms with Crippen molar-refractivity contribution in [3.63, 3.8) is 0 Å². The van der Waals surface area contributed by atoms with Crippen LogP contribution in [0.2, 0.25) is 0 Å². The highest BCUT2D eigenvalue weighted by molar-refractivity contribution is 5.91. The molecule has 2 heterocycles. The van der Waals surface area contributed by atoms with Crippen LogP contribution in [0, 0.1) is 23.5 Å². The zero-order valence-electron chi connectivity index (χ0n) is 23.7. The predicted octanol–water partition coefficient (Wildman–Crippen LogP) is 4.04. The molecule has 10 heteroatoms. The van der Waals surface area contributed by atoms with E-state index in [2.05, 4.69) is 5.32 Å². The Morgan fingerprint density at radius 2 is 1.85 bits per heavy atom. The number of benzene rings is 1. The molecule has 1 aromatic rings. The summed E-state index contributed by atoms with van der Waals surface area (Å²) in [6.07, 6.45) is 1.52.